The molecule has 0 aliphatic heterocycles. The first-order valence-electron chi connectivity index (χ1n) is 4.70. The lowest BCUT2D eigenvalue weighted by molar-refractivity contribution is -0.140. The van der Waals surface area contributed by atoms with E-state index in [1.54, 1.807) is 0 Å². The Morgan fingerprint density at radius 1 is 1.53 bits per heavy atom. The highest BCUT2D eigenvalue weighted by Crippen LogP contribution is 2.19. The van der Waals surface area contributed by atoms with Gasteiger partial charge in [-0.3, -0.25) is 4.79 Å². The second kappa shape index (κ2) is 5.75. The van der Waals surface area contributed by atoms with E-state index >= 15 is 0 Å². The minimum absolute atomic E-state index is 0.197. The third-order valence-electron chi connectivity index (χ3n) is 2.06. The Balaban J connectivity index is 2.47. The fraction of sp³-hybridized carbons (Fsp3) is 0.364. The van der Waals surface area contributed by atoms with Gasteiger partial charge in [0.25, 0.3) is 0 Å². The lowest BCUT2D eigenvalue weighted by Crippen LogP contribution is -2.10. The quantitative estimate of drug-likeness (QED) is 0.856. The van der Waals surface area contributed by atoms with Gasteiger partial charge >= 0.3 is 5.97 Å². The topological polar surface area (TPSA) is 38.3 Å². The summed E-state index contributed by atoms with van der Waals surface area (Å²) in [4.78, 5) is 10.9. The largest absolute Gasteiger partial charge is 0.469 e. The number of halogens is 1. The first kappa shape index (κ1) is 12.0. The summed E-state index contributed by atoms with van der Waals surface area (Å²) in [5.74, 6) is -0.197. The van der Waals surface area contributed by atoms with Crippen LogP contribution < -0.4 is 5.32 Å². The Morgan fingerprint density at radius 3 is 2.87 bits per heavy atom. The molecule has 0 saturated heterocycles. The van der Waals surface area contributed by atoms with Gasteiger partial charge in [0.2, 0.25) is 0 Å². The highest BCUT2D eigenvalue weighted by molar-refractivity contribution is 9.10. The third kappa shape index (κ3) is 3.91. The molecule has 0 radical (unpaired) electrons. The molecule has 82 valence electrons. The van der Waals surface area contributed by atoms with Gasteiger partial charge in [-0.05, 0) is 30.7 Å². The van der Waals surface area contributed by atoms with E-state index in [-0.39, 0.29) is 5.97 Å². The van der Waals surface area contributed by atoms with Gasteiger partial charge in [-0.1, -0.05) is 15.9 Å². The van der Waals surface area contributed by atoms with Crippen molar-refractivity contribution in [2.75, 3.05) is 19.0 Å². The molecular formula is C11H14BrNO2. The van der Waals surface area contributed by atoms with Crippen LogP contribution in [0.5, 0.6) is 0 Å². The fourth-order valence-electron chi connectivity index (χ4n) is 1.23. The van der Waals surface area contributed by atoms with Crippen molar-refractivity contribution in [2.24, 2.45) is 0 Å². The molecule has 0 amide bonds. The van der Waals surface area contributed by atoms with E-state index < -0.39 is 0 Å². The van der Waals surface area contributed by atoms with Gasteiger partial charge < -0.3 is 10.1 Å². The molecule has 0 heterocycles. The number of ether oxygens (including phenoxy) is 1. The summed E-state index contributed by atoms with van der Waals surface area (Å²) in [5.41, 5.74) is 2.19. The summed E-state index contributed by atoms with van der Waals surface area (Å²) in [6, 6.07) is 5.98. The number of aryl methyl sites for hydroxylation is 1. The summed E-state index contributed by atoms with van der Waals surface area (Å²) in [7, 11) is 1.40. The second-order valence-electron chi connectivity index (χ2n) is 3.21. The second-order valence-corrected chi connectivity index (χ2v) is 4.13. The summed E-state index contributed by atoms with van der Waals surface area (Å²) in [6.45, 7) is 2.61. The van der Waals surface area contributed by atoms with Crippen LogP contribution in [0.4, 0.5) is 5.69 Å². The van der Waals surface area contributed by atoms with Crippen LogP contribution in [-0.4, -0.2) is 19.6 Å². The average molecular weight is 272 g/mol. The minimum atomic E-state index is -0.197. The molecule has 0 unspecified atom stereocenters. The molecule has 1 N–H and O–H groups in total. The van der Waals surface area contributed by atoms with Crippen molar-refractivity contribution < 1.29 is 9.53 Å². The molecule has 0 atom stereocenters. The SMILES string of the molecule is COC(=O)CCNc1ccc(Br)cc1C. The molecule has 3 nitrogen and oxygen atoms in total. The van der Waals surface area contributed by atoms with Crippen LogP contribution >= 0.6 is 15.9 Å². The van der Waals surface area contributed by atoms with E-state index in [0.717, 1.165) is 15.7 Å². The summed E-state index contributed by atoms with van der Waals surface area (Å²) in [5, 5.41) is 3.18. The van der Waals surface area contributed by atoms with Crippen molar-refractivity contribution in [3.63, 3.8) is 0 Å². The predicted molar refractivity (Wildman–Crippen MR) is 64.0 cm³/mol. The molecular weight excluding hydrogens is 258 g/mol. The zero-order valence-corrected chi connectivity index (χ0v) is 10.4. The van der Waals surface area contributed by atoms with Crippen molar-refractivity contribution in [3.05, 3.63) is 28.2 Å². The molecule has 0 saturated carbocycles. The van der Waals surface area contributed by atoms with Gasteiger partial charge in [-0.25, -0.2) is 0 Å². The normalized spacial score (nSPS) is 9.80. The number of carbonyl (C=O) groups excluding carboxylic acids is 1. The van der Waals surface area contributed by atoms with Crippen molar-refractivity contribution in [1.29, 1.82) is 0 Å². The average Bonchev–Trinajstić information content (AvgIpc) is 2.21. The molecule has 15 heavy (non-hydrogen) atoms. The van der Waals surface area contributed by atoms with Gasteiger partial charge in [-0.15, -0.1) is 0 Å². The van der Waals surface area contributed by atoms with Crippen molar-refractivity contribution >= 4 is 27.6 Å². The third-order valence-corrected chi connectivity index (χ3v) is 2.55. The van der Waals surface area contributed by atoms with E-state index in [0.29, 0.717) is 13.0 Å². The molecule has 1 aromatic rings. The summed E-state index contributed by atoms with van der Waals surface area (Å²) < 4.78 is 5.61. The lowest BCUT2D eigenvalue weighted by Gasteiger charge is -2.08. The maximum Gasteiger partial charge on any atom is 0.307 e. The number of methoxy groups -OCH3 is 1. The zero-order valence-electron chi connectivity index (χ0n) is 8.84. The number of nitrogens with one attached hydrogen (secondary N) is 1. The van der Waals surface area contributed by atoms with Gasteiger partial charge in [0, 0.05) is 16.7 Å². The molecule has 0 fully saturated rings. The number of benzene rings is 1. The Labute approximate surface area is 97.9 Å². The van der Waals surface area contributed by atoms with Crippen LogP contribution in [0.1, 0.15) is 12.0 Å². The Morgan fingerprint density at radius 2 is 2.27 bits per heavy atom. The Kier molecular flexibility index (Phi) is 4.62. The first-order valence-corrected chi connectivity index (χ1v) is 5.49. The minimum Gasteiger partial charge on any atom is -0.469 e. The maximum atomic E-state index is 10.9. The lowest BCUT2D eigenvalue weighted by atomic mass is 10.2. The number of rotatable bonds is 4. The van der Waals surface area contributed by atoms with Gasteiger partial charge in [0.1, 0.15) is 0 Å². The van der Waals surface area contributed by atoms with Gasteiger partial charge in [0.15, 0.2) is 0 Å². The molecule has 0 spiro atoms. The molecule has 0 aliphatic carbocycles. The number of esters is 1. The van der Waals surface area contributed by atoms with Crippen LogP contribution in [0.3, 0.4) is 0 Å². The van der Waals surface area contributed by atoms with Crippen molar-refractivity contribution in [1.82, 2.24) is 0 Å². The smallest absolute Gasteiger partial charge is 0.307 e. The highest BCUT2D eigenvalue weighted by atomic mass is 79.9. The first-order chi connectivity index (χ1) is 7.13. The molecule has 4 heteroatoms. The van der Waals surface area contributed by atoms with E-state index in [2.05, 4.69) is 26.0 Å². The Hall–Kier alpha value is -1.03. The predicted octanol–water partition coefficient (Wildman–Crippen LogP) is 2.73. The molecule has 1 rings (SSSR count). The summed E-state index contributed by atoms with van der Waals surface area (Å²) >= 11 is 3.40. The molecule has 0 aliphatic rings. The van der Waals surface area contributed by atoms with E-state index in [9.17, 15) is 4.79 Å². The summed E-state index contributed by atoms with van der Waals surface area (Å²) in [6.07, 6.45) is 0.381. The number of hydrogen-bond donors (Lipinski definition) is 1. The van der Waals surface area contributed by atoms with Crippen LogP contribution in [-0.2, 0) is 9.53 Å². The zero-order chi connectivity index (χ0) is 11.3. The number of hydrogen-bond acceptors (Lipinski definition) is 3. The standard InChI is InChI=1S/C11H14BrNO2/c1-8-7-9(12)3-4-10(8)13-6-5-11(14)15-2/h3-4,7,13H,5-6H2,1-2H3. The van der Waals surface area contributed by atoms with Crippen LogP contribution in [0, 0.1) is 6.92 Å². The van der Waals surface area contributed by atoms with Crippen LogP contribution in [0.25, 0.3) is 0 Å². The highest BCUT2D eigenvalue weighted by Gasteiger charge is 2.01. The van der Waals surface area contributed by atoms with Crippen LogP contribution in [0.2, 0.25) is 0 Å². The van der Waals surface area contributed by atoms with Crippen molar-refractivity contribution in [2.45, 2.75) is 13.3 Å². The van der Waals surface area contributed by atoms with Crippen LogP contribution in [0.15, 0.2) is 22.7 Å². The van der Waals surface area contributed by atoms with Crippen molar-refractivity contribution in [3.8, 4) is 0 Å². The van der Waals surface area contributed by atoms with Gasteiger partial charge in [-0.2, -0.15) is 0 Å². The van der Waals surface area contributed by atoms with Gasteiger partial charge in [0.05, 0.1) is 13.5 Å². The monoisotopic (exact) mass is 271 g/mol. The van der Waals surface area contributed by atoms with E-state index in [1.807, 2.05) is 25.1 Å². The number of anilines is 1. The molecule has 1 aromatic carbocycles. The van der Waals surface area contributed by atoms with E-state index in [4.69, 9.17) is 0 Å². The van der Waals surface area contributed by atoms with E-state index in [1.165, 1.54) is 7.11 Å². The maximum absolute atomic E-state index is 10.9. The fourth-order valence-corrected chi connectivity index (χ4v) is 1.70. The number of carbonyl (C=O) groups is 1. The molecule has 0 bridgehead atoms. The Bertz CT molecular complexity index is 352. The molecule has 0 aromatic heterocycles.